The fourth-order valence-corrected chi connectivity index (χ4v) is 5.12. The number of ether oxygens (including phenoxy) is 1. The van der Waals surface area contributed by atoms with E-state index in [2.05, 4.69) is 25.5 Å². The monoisotopic (exact) mass is 423 g/mol. The summed E-state index contributed by atoms with van der Waals surface area (Å²) in [7, 11) is 1.63. The van der Waals surface area contributed by atoms with Gasteiger partial charge in [0.2, 0.25) is 0 Å². The van der Waals surface area contributed by atoms with Crippen molar-refractivity contribution in [2.45, 2.75) is 25.7 Å². The molecule has 146 valence electrons. The minimum atomic E-state index is 0.386. The highest BCUT2D eigenvalue weighted by Crippen LogP contribution is 2.38. The molecular formula is C21H18ClN5OS. The Morgan fingerprint density at radius 2 is 2.10 bits per heavy atom. The number of rotatable bonds is 4. The third kappa shape index (κ3) is 3.41. The third-order valence-electron chi connectivity index (χ3n) is 5.13. The zero-order valence-corrected chi connectivity index (χ0v) is 17.3. The van der Waals surface area contributed by atoms with Gasteiger partial charge in [-0.2, -0.15) is 5.10 Å². The van der Waals surface area contributed by atoms with E-state index in [9.17, 15) is 0 Å². The number of thiophene rings is 1. The van der Waals surface area contributed by atoms with E-state index < -0.39 is 0 Å². The number of aryl methyl sites for hydroxylation is 2. The zero-order chi connectivity index (χ0) is 19.8. The van der Waals surface area contributed by atoms with Crippen LogP contribution in [0.2, 0.25) is 5.15 Å². The predicted molar refractivity (Wildman–Crippen MR) is 119 cm³/mol. The Morgan fingerprint density at radius 3 is 3.00 bits per heavy atom. The Balaban J connectivity index is 1.45. The molecule has 0 aliphatic heterocycles. The lowest BCUT2D eigenvalue weighted by Crippen LogP contribution is -2.01. The summed E-state index contributed by atoms with van der Waals surface area (Å²) in [6.07, 6.45) is 7.91. The van der Waals surface area contributed by atoms with Crippen LogP contribution < -0.4 is 10.2 Å². The maximum absolute atomic E-state index is 6.36. The standard InChI is InChI=1S/C21H18ClN5OS/c1-28-14-7-6-12-8-13(19(22)26-16(12)9-14)10-25-27-20-18-15-4-2-3-5-17(15)29-21(18)24-11-23-20/h6-11H,2-5H2,1H3,(H,23,24,27). The number of hydrogen-bond donors (Lipinski definition) is 1. The van der Waals surface area contributed by atoms with Crippen molar-refractivity contribution in [2.75, 3.05) is 12.5 Å². The lowest BCUT2D eigenvalue weighted by atomic mass is 9.97. The summed E-state index contributed by atoms with van der Waals surface area (Å²) in [4.78, 5) is 15.8. The number of fused-ring (bicyclic) bond motifs is 4. The average molecular weight is 424 g/mol. The molecule has 0 bridgehead atoms. The number of nitrogens with zero attached hydrogens (tertiary/aromatic N) is 4. The molecule has 1 aromatic carbocycles. The predicted octanol–water partition coefficient (Wildman–Crippen LogP) is 5.23. The van der Waals surface area contributed by atoms with Crippen LogP contribution in [0, 0.1) is 0 Å². The topological polar surface area (TPSA) is 72.3 Å². The highest BCUT2D eigenvalue weighted by molar-refractivity contribution is 7.19. The molecule has 4 aromatic rings. The van der Waals surface area contributed by atoms with Crippen molar-refractivity contribution in [1.29, 1.82) is 0 Å². The van der Waals surface area contributed by atoms with Crippen LogP contribution in [-0.4, -0.2) is 28.3 Å². The summed E-state index contributed by atoms with van der Waals surface area (Å²) in [6.45, 7) is 0. The molecule has 6 nitrogen and oxygen atoms in total. The molecule has 0 fully saturated rings. The second-order valence-corrected chi connectivity index (χ2v) is 8.35. The average Bonchev–Trinajstić information content (AvgIpc) is 3.13. The van der Waals surface area contributed by atoms with Crippen LogP contribution in [0.4, 0.5) is 5.82 Å². The zero-order valence-electron chi connectivity index (χ0n) is 15.8. The van der Waals surface area contributed by atoms with Crippen molar-refractivity contribution < 1.29 is 4.74 Å². The molecule has 3 aromatic heterocycles. The molecule has 5 rings (SSSR count). The SMILES string of the molecule is COc1ccc2cc(C=NNc3ncnc4sc5c(c34)CCCC5)c(Cl)nc2c1. The summed E-state index contributed by atoms with van der Waals surface area (Å²) < 4.78 is 5.24. The fourth-order valence-electron chi connectivity index (χ4n) is 3.70. The van der Waals surface area contributed by atoms with Gasteiger partial charge in [-0.25, -0.2) is 15.0 Å². The van der Waals surface area contributed by atoms with Crippen molar-refractivity contribution in [1.82, 2.24) is 15.0 Å². The lowest BCUT2D eigenvalue weighted by Gasteiger charge is -2.11. The van der Waals surface area contributed by atoms with Gasteiger partial charge >= 0.3 is 0 Å². The lowest BCUT2D eigenvalue weighted by molar-refractivity contribution is 0.415. The number of anilines is 1. The highest BCUT2D eigenvalue weighted by Gasteiger charge is 2.19. The maximum atomic E-state index is 6.36. The summed E-state index contributed by atoms with van der Waals surface area (Å²) in [5.74, 6) is 1.48. The Morgan fingerprint density at radius 1 is 1.21 bits per heavy atom. The molecule has 3 heterocycles. The first-order valence-corrected chi connectivity index (χ1v) is 10.6. The number of benzene rings is 1. The van der Waals surface area contributed by atoms with E-state index in [1.54, 1.807) is 31.0 Å². The van der Waals surface area contributed by atoms with Gasteiger partial charge in [0.25, 0.3) is 0 Å². The van der Waals surface area contributed by atoms with E-state index in [1.165, 1.54) is 23.3 Å². The van der Waals surface area contributed by atoms with Gasteiger partial charge in [-0.15, -0.1) is 11.3 Å². The summed E-state index contributed by atoms with van der Waals surface area (Å²) in [5, 5.41) is 6.83. The fraction of sp³-hybridized carbons (Fsp3) is 0.238. The highest BCUT2D eigenvalue weighted by atomic mass is 35.5. The summed E-state index contributed by atoms with van der Waals surface area (Å²) in [6, 6.07) is 7.66. The molecule has 0 spiro atoms. The molecular weight excluding hydrogens is 406 g/mol. The number of hydrogen-bond acceptors (Lipinski definition) is 7. The van der Waals surface area contributed by atoms with Crippen molar-refractivity contribution >= 4 is 56.1 Å². The van der Waals surface area contributed by atoms with Crippen LogP contribution in [-0.2, 0) is 12.8 Å². The maximum Gasteiger partial charge on any atom is 0.158 e. The third-order valence-corrected chi connectivity index (χ3v) is 6.63. The Hall–Kier alpha value is -2.77. The minimum Gasteiger partial charge on any atom is -0.497 e. The second kappa shape index (κ2) is 7.57. The number of pyridine rings is 1. The van der Waals surface area contributed by atoms with E-state index in [1.807, 2.05) is 24.3 Å². The Labute approximate surface area is 176 Å². The smallest absolute Gasteiger partial charge is 0.158 e. The molecule has 0 amide bonds. The first-order valence-electron chi connectivity index (χ1n) is 9.41. The molecule has 0 saturated carbocycles. The van der Waals surface area contributed by atoms with E-state index in [4.69, 9.17) is 16.3 Å². The molecule has 0 atom stereocenters. The first-order chi connectivity index (χ1) is 14.2. The molecule has 0 unspecified atom stereocenters. The normalized spacial score (nSPS) is 13.9. The number of nitrogens with one attached hydrogen (secondary N) is 1. The largest absolute Gasteiger partial charge is 0.497 e. The Bertz CT molecular complexity index is 1250. The van der Waals surface area contributed by atoms with Gasteiger partial charge in [0.05, 0.1) is 24.2 Å². The van der Waals surface area contributed by atoms with Crippen LogP contribution >= 0.6 is 22.9 Å². The number of methoxy groups -OCH3 is 1. The number of hydrazone groups is 1. The number of halogens is 1. The van der Waals surface area contributed by atoms with Crippen molar-refractivity contribution in [3.63, 3.8) is 0 Å². The van der Waals surface area contributed by atoms with E-state index >= 15 is 0 Å². The minimum absolute atomic E-state index is 0.386. The van der Waals surface area contributed by atoms with Crippen LogP contribution in [0.1, 0.15) is 28.8 Å². The van der Waals surface area contributed by atoms with Gasteiger partial charge < -0.3 is 4.74 Å². The van der Waals surface area contributed by atoms with Crippen LogP contribution in [0.15, 0.2) is 35.7 Å². The van der Waals surface area contributed by atoms with Crippen LogP contribution in [0.3, 0.4) is 0 Å². The van der Waals surface area contributed by atoms with Gasteiger partial charge in [-0.3, -0.25) is 5.43 Å². The molecule has 0 saturated heterocycles. The summed E-state index contributed by atoms with van der Waals surface area (Å²) in [5.41, 5.74) is 5.96. The summed E-state index contributed by atoms with van der Waals surface area (Å²) >= 11 is 8.12. The van der Waals surface area contributed by atoms with Crippen molar-refractivity contribution in [3.05, 3.63) is 51.7 Å². The van der Waals surface area contributed by atoms with E-state index in [-0.39, 0.29) is 0 Å². The molecule has 0 radical (unpaired) electrons. The van der Waals surface area contributed by atoms with Crippen molar-refractivity contribution in [3.8, 4) is 5.75 Å². The van der Waals surface area contributed by atoms with Crippen molar-refractivity contribution in [2.24, 2.45) is 5.10 Å². The molecule has 1 aliphatic rings. The van der Waals surface area contributed by atoms with Crippen LogP contribution in [0.5, 0.6) is 5.75 Å². The second-order valence-electron chi connectivity index (χ2n) is 6.91. The van der Waals surface area contributed by atoms with E-state index in [0.29, 0.717) is 5.15 Å². The van der Waals surface area contributed by atoms with Gasteiger partial charge in [0.1, 0.15) is 22.1 Å². The molecule has 8 heteroatoms. The Kier molecular flexibility index (Phi) is 4.77. The quantitative estimate of drug-likeness (QED) is 0.276. The molecule has 1 aliphatic carbocycles. The van der Waals surface area contributed by atoms with Gasteiger partial charge in [-0.1, -0.05) is 11.6 Å². The first kappa shape index (κ1) is 18.3. The number of aromatic nitrogens is 3. The van der Waals surface area contributed by atoms with E-state index in [0.717, 1.165) is 51.1 Å². The molecule has 1 N–H and O–H groups in total. The van der Waals surface area contributed by atoms with Gasteiger partial charge in [0, 0.05) is 21.9 Å². The van der Waals surface area contributed by atoms with Gasteiger partial charge in [-0.05, 0) is 49.4 Å². The molecule has 29 heavy (non-hydrogen) atoms. The van der Waals surface area contributed by atoms with Gasteiger partial charge in [0.15, 0.2) is 5.82 Å². The van der Waals surface area contributed by atoms with Crippen LogP contribution in [0.25, 0.3) is 21.1 Å².